The number of amides is 1. The molecule has 0 saturated carbocycles. The van der Waals surface area contributed by atoms with E-state index in [1.807, 2.05) is 30.3 Å². The Morgan fingerprint density at radius 3 is 2.42 bits per heavy atom. The van der Waals surface area contributed by atoms with Crippen molar-refractivity contribution < 1.29 is 4.79 Å². The average Bonchev–Trinajstić information content (AvgIpc) is 2.55. The third-order valence-corrected chi connectivity index (χ3v) is 5.40. The SMILES string of the molecule is O=C(NC(NC(=S)Nc1ccccc1I)C(Cl)(Cl)Cl)c1cccc(Br)c1. The van der Waals surface area contributed by atoms with E-state index in [0.717, 1.165) is 13.7 Å². The minimum Gasteiger partial charge on any atom is -0.339 e. The molecule has 1 amide bonds. The van der Waals surface area contributed by atoms with Gasteiger partial charge in [0, 0.05) is 13.6 Å². The van der Waals surface area contributed by atoms with Crippen LogP contribution in [0.5, 0.6) is 0 Å². The number of carbonyl (C=O) groups is 1. The van der Waals surface area contributed by atoms with Crippen molar-refractivity contribution in [3.8, 4) is 0 Å². The average molecular weight is 608 g/mol. The Labute approximate surface area is 193 Å². The van der Waals surface area contributed by atoms with Crippen molar-refractivity contribution in [2.45, 2.75) is 9.96 Å². The van der Waals surface area contributed by atoms with Crippen molar-refractivity contribution in [2.75, 3.05) is 5.32 Å². The predicted octanol–water partition coefficient (Wildman–Crippen LogP) is 5.47. The maximum Gasteiger partial charge on any atom is 0.253 e. The van der Waals surface area contributed by atoms with Gasteiger partial charge in [0.1, 0.15) is 6.17 Å². The van der Waals surface area contributed by atoms with Gasteiger partial charge in [-0.25, -0.2) is 0 Å². The fourth-order valence-electron chi connectivity index (χ4n) is 1.90. The molecule has 0 aliphatic rings. The molecule has 0 aliphatic heterocycles. The van der Waals surface area contributed by atoms with E-state index in [4.69, 9.17) is 47.0 Å². The lowest BCUT2D eigenvalue weighted by molar-refractivity contribution is 0.0934. The number of nitrogens with one attached hydrogen (secondary N) is 3. The van der Waals surface area contributed by atoms with Crippen LogP contribution in [0.2, 0.25) is 0 Å². The number of anilines is 1. The first-order valence-corrected chi connectivity index (χ1v) is 10.5. The van der Waals surface area contributed by atoms with Crippen LogP contribution in [-0.2, 0) is 0 Å². The van der Waals surface area contributed by atoms with Gasteiger partial charge in [-0.1, -0.05) is 68.9 Å². The van der Waals surface area contributed by atoms with E-state index in [1.165, 1.54) is 0 Å². The number of benzene rings is 2. The molecule has 2 aromatic carbocycles. The molecule has 138 valence electrons. The quantitative estimate of drug-likeness (QED) is 0.187. The summed E-state index contributed by atoms with van der Waals surface area (Å²) in [5, 5.41) is 8.68. The van der Waals surface area contributed by atoms with E-state index in [1.54, 1.807) is 18.2 Å². The van der Waals surface area contributed by atoms with E-state index >= 15 is 0 Å². The van der Waals surface area contributed by atoms with Crippen molar-refractivity contribution in [3.05, 3.63) is 62.1 Å². The molecule has 0 aliphatic carbocycles. The second-order valence-electron chi connectivity index (χ2n) is 5.04. The van der Waals surface area contributed by atoms with Crippen LogP contribution in [0.25, 0.3) is 0 Å². The van der Waals surface area contributed by atoms with Crippen LogP contribution >= 0.6 is 85.5 Å². The minimum absolute atomic E-state index is 0.208. The Morgan fingerprint density at radius 2 is 1.81 bits per heavy atom. The first kappa shape index (κ1) is 22.0. The Bertz CT molecular complexity index is 819. The molecule has 0 radical (unpaired) electrons. The van der Waals surface area contributed by atoms with Crippen molar-refractivity contribution in [1.82, 2.24) is 10.6 Å². The van der Waals surface area contributed by atoms with Crippen molar-refractivity contribution in [3.63, 3.8) is 0 Å². The molecule has 0 fully saturated rings. The van der Waals surface area contributed by atoms with E-state index in [0.29, 0.717) is 5.56 Å². The van der Waals surface area contributed by atoms with Gasteiger partial charge in [-0.05, 0) is 65.1 Å². The van der Waals surface area contributed by atoms with Crippen molar-refractivity contribution >= 4 is 102 Å². The lowest BCUT2D eigenvalue weighted by atomic mass is 10.2. The molecule has 1 atom stereocenters. The maximum atomic E-state index is 12.4. The van der Waals surface area contributed by atoms with Crippen LogP contribution < -0.4 is 16.0 Å². The second kappa shape index (κ2) is 9.75. The molecule has 0 saturated heterocycles. The zero-order valence-corrected chi connectivity index (χ0v) is 19.7. The first-order chi connectivity index (χ1) is 12.2. The lowest BCUT2D eigenvalue weighted by Gasteiger charge is -2.28. The minimum atomic E-state index is -1.82. The summed E-state index contributed by atoms with van der Waals surface area (Å²) in [5.41, 5.74) is 1.21. The molecule has 0 heterocycles. The van der Waals surface area contributed by atoms with Crippen molar-refractivity contribution in [1.29, 1.82) is 0 Å². The van der Waals surface area contributed by atoms with Gasteiger partial charge < -0.3 is 16.0 Å². The van der Waals surface area contributed by atoms with E-state index < -0.39 is 15.9 Å². The Morgan fingerprint density at radius 1 is 1.12 bits per heavy atom. The monoisotopic (exact) mass is 605 g/mol. The largest absolute Gasteiger partial charge is 0.339 e. The van der Waals surface area contributed by atoms with Gasteiger partial charge in [0.25, 0.3) is 5.91 Å². The zero-order valence-electron chi connectivity index (χ0n) is 12.9. The van der Waals surface area contributed by atoms with Gasteiger partial charge >= 0.3 is 0 Å². The fraction of sp³-hybridized carbons (Fsp3) is 0.125. The number of hydrogen-bond donors (Lipinski definition) is 3. The second-order valence-corrected chi connectivity index (χ2v) is 9.89. The first-order valence-electron chi connectivity index (χ1n) is 7.12. The fourth-order valence-corrected chi connectivity index (χ4v) is 3.37. The van der Waals surface area contributed by atoms with Gasteiger partial charge in [0.2, 0.25) is 3.79 Å². The third kappa shape index (κ3) is 6.69. The van der Waals surface area contributed by atoms with Crippen LogP contribution in [0.15, 0.2) is 53.0 Å². The summed E-state index contributed by atoms with van der Waals surface area (Å²) in [4.78, 5) is 12.4. The van der Waals surface area contributed by atoms with Crippen LogP contribution in [0, 0.1) is 3.57 Å². The number of hydrogen-bond acceptors (Lipinski definition) is 2. The Kier molecular flexibility index (Phi) is 8.24. The highest BCUT2D eigenvalue weighted by Crippen LogP contribution is 2.29. The number of rotatable bonds is 4. The molecular weight excluding hydrogens is 595 g/mol. The van der Waals surface area contributed by atoms with E-state index in [-0.39, 0.29) is 5.11 Å². The molecule has 4 nitrogen and oxygen atoms in total. The number of thiocarbonyl (C=S) groups is 1. The summed E-state index contributed by atoms with van der Waals surface area (Å²) in [5.74, 6) is -0.410. The summed E-state index contributed by atoms with van der Waals surface area (Å²) in [6.07, 6.45) is -1.04. The summed E-state index contributed by atoms with van der Waals surface area (Å²) in [6, 6.07) is 14.4. The van der Waals surface area contributed by atoms with Gasteiger partial charge in [-0.2, -0.15) is 0 Å². The summed E-state index contributed by atoms with van der Waals surface area (Å²) in [6.45, 7) is 0. The topological polar surface area (TPSA) is 53.2 Å². The summed E-state index contributed by atoms with van der Waals surface area (Å²) in [7, 11) is 0. The number of alkyl halides is 3. The number of para-hydroxylation sites is 1. The summed E-state index contributed by atoms with van der Waals surface area (Å²) < 4.78 is -0.0886. The van der Waals surface area contributed by atoms with Crippen LogP contribution in [-0.4, -0.2) is 21.0 Å². The highest BCUT2D eigenvalue weighted by atomic mass is 127. The molecule has 0 aromatic heterocycles. The van der Waals surface area contributed by atoms with Crippen molar-refractivity contribution in [2.24, 2.45) is 0 Å². The molecule has 10 heteroatoms. The lowest BCUT2D eigenvalue weighted by Crippen LogP contribution is -2.56. The van der Waals surface area contributed by atoms with Gasteiger partial charge in [0.15, 0.2) is 5.11 Å². The predicted molar refractivity (Wildman–Crippen MR) is 124 cm³/mol. The smallest absolute Gasteiger partial charge is 0.253 e. The highest BCUT2D eigenvalue weighted by molar-refractivity contribution is 14.1. The molecule has 2 rings (SSSR count). The normalized spacial score (nSPS) is 12.2. The number of halogens is 5. The van der Waals surface area contributed by atoms with E-state index in [2.05, 4.69) is 54.5 Å². The molecule has 1 unspecified atom stereocenters. The van der Waals surface area contributed by atoms with Gasteiger partial charge in [-0.3, -0.25) is 4.79 Å². The molecule has 2 aromatic rings. The zero-order chi connectivity index (χ0) is 19.3. The molecular formula is C16H12BrCl3IN3OS. The Hall–Kier alpha value is -0.320. The highest BCUT2D eigenvalue weighted by Gasteiger charge is 2.35. The van der Waals surface area contributed by atoms with Gasteiger partial charge in [0.05, 0.1) is 5.69 Å². The maximum absolute atomic E-state index is 12.4. The van der Waals surface area contributed by atoms with E-state index in [9.17, 15) is 4.79 Å². The van der Waals surface area contributed by atoms with Crippen LogP contribution in [0.3, 0.4) is 0 Å². The third-order valence-electron chi connectivity index (χ3n) is 3.09. The summed E-state index contributed by atoms with van der Waals surface area (Å²) >= 11 is 28.7. The number of carbonyl (C=O) groups excluding carboxylic acids is 1. The molecule has 3 N–H and O–H groups in total. The Balaban J connectivity index is 2.09. The van der Waals surface area contributed by atoms with Crippen LogP contribution in [0.1, 0.15) is 10.4 Å². The van der Waals surface area contributed by atoms with Gasteiger partial charge in [-0.15, -0.1) is 0 Å². The molecule has 0 bridgehead atoms. The molecule has 26 heavy (non-hydrogen) atoms. The molecule has 0 spiro atoms. The standard InChI is InChI=1S/C16H12BrCl3IN3OS/c17-10-5-3-4-9(8-10)13(25)23-14(16(18,19)20)24-15(26)22-12-7-2-1-6-11(12)21/h1-8,14H,(H,23,25)(H2,22,24,26). The van der Waals surface area contributed by atoms with Crippen LogP contribution in [0.4, 0.5) is 5.69 Å².